The van der Waals surface area contributed by atoms with Gasteiger partial charge < -0.3 is 19.0 Å². The van der Waals surface area contributed by atoms with Crippen molar-refractivity contribution < 1.29 is 18.4 Å². The van der Waals surface area contributed by atoms with E-state index in [4.69, 9.17) is 37.3 Å². The zero-order valence-electron chi connectivity index (χ0n) is 25.9. The lowest BCUT2D eigenvalue weighted by molar-refractivity contribution is -0.882. The number of benzene rings is 3. The number of carbonyl (C=O) groups is 1. The highest BCUT2D eigenvalue weighted by Crippen LogP contribution is 2.37. The molecule has 0 saturated heterocycles. The van der Waals surface area contributed by atoms with Crippen molar-refractivity contribution in [2.75, 3.05) is 40.3 Å². The Morgan fingerprint density at radius 1 is 1.00 bits per heavy atom. The molecule has 6 nitrogen and oxygen atoms in total. The van der Waals surface area contributed by atoms with Gasteiger partial charge in [-0.3, -0.25) is 4.79 Å². The largest absolute Gasteiger partial charge is 0.493 e. The molecule has 1 amide bonds. The Morgan fingerprint density at radius 3 is 2.45 bits per heavy atom. The fraction of sp³-hybridized carbons (Fsp3) is 0.333. The van der Waals surface area contributed by atoms with E-state index in [1.165, 1.54) is 0 Å². The average molecular weight is 636 g/mol. The smallest absolute Gasteiger partial charge is 0.275 e. The third kappa shape index (κ3) is 8.98. The number of halogens is 2. The number of rotatable bonds is 16. The number of nitrogens with one attached hydrogen (secondary N) is 1. The van der Waals surface area contributed by atoms with Gasteiger partial charge in [0.05, 0.1) is 27.2 Å². The Labute approximate surface area is 270 Å². The molecule has 44 heavy (non-hydrogen) atoms. The minimum Gasteiger partial charge on any atom is -0.493 e. The van der Waals surface area contributed by atoms with Crippen molar-refractivity contribution in [3.05, 3.63) is 95.0 Å². The van der Waals surface area contributed by atoms with Gasteiger partial charge in [-0.1, -0.05) is 54.8 Å². The molecule has 1 aromatic heterocycles. The van der Waals surface area contributed by atoms with Crippen LogP contribution in [0.3, 0.4) is 0 Å². The van der Waals surface area contributed by atoms with Crippen LogP contribution in [0, 0.1) is 0 Å². The first-order chi connectivity index (χ1) is 21.1. The second-order valence-electron chi connectivity index (χ2n) is 11.7. The Morgan fingerprint density at radius 2 is 1.75 bits per heavy atom. The van der Waals surface area contributed by atoms with Crippen LogP contribution in [0.25, 0.3) is 33.7 Å². The number of quaternary nitrogens is 1. The molecule has 0 unspecified atom stereocenters. The number of oxazole rings is 1. The van der Waals surface area contributed by atoms with E-state index in [9.17, 15) is 4.79 Å². The quantitative estimate of drug-likeness (QED) is 0.0760. The van der Waals surface area contributed by atoms with Gasteiger partial charge in [0.1, 0.15) is 11.3 Å². The summed E-state index contributed by atoms with van der Waals surface area (Å²) >= 11 is 12.5. The predicted octanol–water partition coefficient (Wildman–Crippen LogP) is 8.69. The topological polar surface area (TPSA) is 64.4 Å². The maximum absolute atomic E-state index is 12.3. The molecule has 4 aromatic rings. The van der Waals surface area contributed by atoms with Gasteiger partial charge in [-0.25, -0.2) is 4.98 Å². The molecule has 232 valence electrons. The van der Waals surface area contributed by atoms with Gasteiger partial charge >= 0.3 is 0 Å². The van der Waals surface area contributed by atoms with Gasteiger partial charge in [0.2, 0.25) is 5.89 Å². The van der Waals surface area contributed by atoms with E-state index in [2.05, 4.69) is 51.6 Å². The maximum Gasteiger partial charge on any atom is 0.275 e. The summed E-state index contributed by atoms with van der Waals surface area (Å²) in [7, 11) is 4.16. The van der Waals surface area contributed by atoms with Gasteiger partial charge in [0, 0.05) is 34.1 Å². The molecule has 0 aliphatic heterocycles. The molecule has 0 saturated carbocycles. The molecule has 0 fully saturated rings. The molecule has 0 aliphatic carbocycles. The highest BCUT2D eigenvalue weighted by atomic mass is 35.5. The van der Waals surface area contributed by atoms with Crippen LogP contribution in [0.5, 0.6) is 5.75 Å². The molecular weight excluding hydrogens is 593 g/mol. The summed E-state index contributed by atoms with van der Waals surface area (Å²) in [5.41, 5.74) is 6.17. The number of likely N-dealkylation sites (N-methyl/N-ethyl adjacent to an activating group) is 1. The maximum atomic E-state index is 12.3. The van der Waals surface area contributed by atoms with Crippen molar-refractivity contribution >= 4 is 40.2 Å². The number of nitrogens with zero attached hydrogens (tertiary/aromatic N) is 2. The Hall–Kier alpha value is -3.58. The van der Waals surface area contributed by atoms with E-state index in [0.717, 1.165) is 65.9 Å². The third-order valence-electron chi connectivity index (χ3n) is 7.36. The van der Waals surface area contributed by atoms with Crippen molar-refractivity contribution in [1.82, 2.24) is 10.3 Å². The SMILES string of the molecule is C=CCc1cc(-c2ccc(OCCC[N+](C)(C)CC(=O)NCCCC)c(CC=C)c2)c2oc(-c3cc(Cl)cc(Cl)c3)nc2c1. The Balaban J connectivity index is 1.55. The zero-order chi connectivity index (χ0) is 31.7. The molecule has 0 radical (unpaired) electrons. The molecule has 3 aromatic carbocycles. The van der Waals surface area contributed by atoms with E-state index in [1.807, 2.05) is 30.4 Å². The molecule has 1 N–H and O–H groups in total. The second-order valence-corrected chi connectivity index (χ2v) is 12.6. The lowest BCUT2D eigenvalue weighted by atomic mass is 9.97. The van der Waals surface area contributed by atoms with Crippen molar-refractivity contribution in [1.29, 1.82) is 0 Å². The van der Waals surface area contributed by atoms with Crippen molar-refractivity contribution in [2.24, 2.45) is 0 Å². The van der Waals surface area contributed by atoms with E-state index in [-0.39, 0.29) is 5.91 Å². The molecule has 4 rings (SSSR count). The van der Waals surface area contributed by atoms with Gasteiger partial charge in [0.25, 0.3) is 5.91 Å². The lowest BCUT2D eigenvalue weighted by Gasteiger charge is -2.29. The lowest BCUT2D eigenvalue weighted by Crippen LogP contribution is -2.48. The molecule has 1 heterocycles. The van der Waals surface area contributed by atoms with Crippen molar-refractivity contribution in [3.63, 3.8) is 0 Å². The van der Waals surface area contributed by atoms with E-state index in [0.29, 0.717) is 57.6 Å². The van der Waals surface area contributed by atoms with Gasteiger partial charge in [0.15, 0.2) is 12.1 Å². The van der Waals surface area contributed by atoms with Crippen LogP contribution in [-0.2, 0) is 17.6 Å². The van der Waals surface area contributed by atoms with E-state index in [1.54, 1.807) is 18.2 Å². The third-order valence-corrected chi connectivity index (χ3v) is 7.80. The fourth-order valence-electron chi connectivity index (χ4n) is 5.20. The summed E-state index contributed by atoms with van der Waals surface area (Å²) in [4.78, 5) is 17.1. The summed E-state index contributed by atoms with van der Waals surface area (Å²) < 4.78 is 13.2. The molecule has 0 aliphatic rings. The minimum atomic E-state index is 0.0923. The van der Waals surface area contributed by atoms with Gasteiger partial charge in [-0.2, -0.15) is 0 Å². The van der Waals surface area contributed by atoms with Crippen molar-refractivity contribution in [2.45, 2.75) is 39.0 Å². The summed E-state index contributed by atoms with van der Waals surface area (Å²) in [5.74, 6) is 1.36. The predicted molar refractivity (Wildman–Crippen MR) is 183 cm³/mol. The number of carbonyl (C=O) groups excluding carboxylic acids is 1. The van der Waals surface area contributed by atoms with Crippen LogP contribution in [0.4, 0.5) is 0 Å². The van der Waals surface area contributed by atoms with Crippen LogP contribution in [0.15, 0.2) is 78.3 Å². The number of hydrogen-bond donors (Lipinski definition) is 1. The molecule has 0 spiro atoms. The molecular formula is C36H42Cl2N3O3+. The number of unbranched alkanes of at least 4 members (excludes halogenated alkanes) is 1. The first-order valence-corrected chi connectivity index (χ1v) is 15.8. The van der Waals surface area contributed by atoms with Crippen LogP contribution < -0.4 is 10.1 Å². The number of fused-ring (bicyclic) bond motifs is 1. The highest BCUT2D eigenvalue weighted by molar-refractivity contribution is 6.35. The molecule has 8 heteroatoms. The summed E-state index contributed by atoms with van der Waals surface area (Å²) in [6, 6.07) is 15.6. The van der Waals surface area contributed by atoms with Gasteiger partial charge in [-0.05, 0) is 78.4 Å². The molecule has 0 atom stereocenters. The van der Waals surface area contributed by atoms with Crippen LogP contribution in [-0.4, -0.2) is 55.7 Å². The standard InChI is InChI=1S/C36H41Cl2N3O3/c1-6-9-15-39-34(42)24-41(4,5)16-10-17-43-33-14-13-26(20-27(33)12-8-3)31-18-25(11-7-2)19-32-35(31)44-36(40-32)28-21-29(37)23-30(38)22-28/h7-8,13-14,18-23H,2-3,6,9-12,15-17,24H2,1,4-5H3/p+1. The summed E-state index contributed by atoms with van der Waals surface area (Å²) in [6.07, 6.45) is 8.00. The number of ether oxygens (including phenoxy) is 1. The van der Waals surface area contributed by atoms with Gasteiger partial charge in [-0.15, -0.1) is 13.2 Å². The van der Waals surface area contributed by atoms with Crippen LogP contribution >= 0.6 is 23.2 Å². The minimum absolute atomic E-state index is 0.0923. The molecule has 0 bridgehead atoms. The van der Waals surface area contributed by atoms with Crippen molar-refractivity contribution in [3.8, 4) is 28.3 Å². The monoisotopic (exact) mass is 634 g/mol. The summed E-state index contributed by atoms with van der Waals surface area (Å²) in [6.45, 7) is 12.6. The fourth-order valence-corrected chi connectivity index (χ4v) is 5.72. The van der Waals surface area contributed by atoms with E-state index < -0.39 is 0 Å². The average Bonchev–Trinajstić information content (AvgIpc) is 3.40. The number of hydrogen-bond acceptors (Lipinski definition) is 4. The van der Waals surface area contributed by atoms with Crippen LogP contribution in [0.2, 0.25) is 10.0 Å². The Bertz CT molecular complexity index is 1610. The first kappa shape index (κ1) is 33.3. The number of amides is 1. The second kappa shape index (κ2) is 15.4. The summed E-state index contributed by atoms with van der Waals surface area (Å²) in [5, 5.41) is 4.04. The number of aromatic nitrogens is 1. The highest BCUT2D eigenvalue weighted by Gasteiger charge is 2.20. The normalized spacial score (nSPS) is 11.5. The zero-order valence-corrected chi connectivity index (χ0v) is 27.4. The number of allylic oxidation sites excluding steroid dienone is 2. The first-order valence-electron chi connectivity index (χ1n) is 15.1. The van der Waals surface area contributed by atoms with Crippen LogP contribution in [0.1, 0.15) is 37.3 Å². The Kier molecular flexibility index (Phi) is 11.7. The van der Waals surface area contributed by atoms with E-state index >= 15 is 0 Å².